The zero-order chi connectivity index (χ0) is 30.7. The molecule has 2 N–H and O–H groups in total. The Hall–Kier alpha value is -3.63. The highest BCUT2D eigenvalue weighted by Crippen LogP contribution is 2.55. The molecule has 0 unspecified atom stereocenters. The summed E-state index contributed by atoms with van der Waals surface area (Å²) in [4.78, 5) is 43.9. The Labute approximate surface area is 260 Å². The van der Waals surface area contributed by atoms with Crippen molar-refractivity contribution in [3.05, 3.63) is 65.5 Å². The number of ether oxygens (including phenoxy) is 3. The van der Waals surface area contributed by atoms with E-state index in [9.17, 15) is 18.8 Å². The molecule has 9 atom stereocenters. The summed E-state index contributed by atoms with van der Waals surface area (Å²) in [5, 5.41) is 5.90. The summed E-state index contributed by atoms with van der Waals surface area (Å²) in [7, 11) is 0. The van der Waals surface area contributed by atoms with Gasteiger partial charge in [-0.25, -0.2) is 4.39 Å². The topological polar surface area (TPSA) is 106 Å². The van der Waals surface area contributed by atoms with Crippen molar-refractivity contribution in [2.24, 2.45) is 23.7 Å². The molecule has 5 aliphatic rings. The van der Waals surface area contributed by atoms with Crippen molar-refractivity contribution < 1.29 is 33.0 Å². The van der Waals surface area contributed by atoms with Crippen LogP contribution in [-0.2, 0) is 19.1 Å². The molecule has 7 rings (SSSR count). The van der Waals surface area contributed by atoms with Crippen LogP contribution in [0.5, 0.6) is 11.5 Å². The van der Waals surface area contributed by atoms with Gasteiger partial charge in [-0.15, -0.1) is 0 Å². The van der Waals surface area contributed by atoms with Gasteiger partial charge in [-0.3, -0.25) is 14.4 Å². The minimum absolute atomic E-state index is 0.0373. The first-order valence-corrected chi connectivity index (χ1v) is 15.7. The van der Waals surface area contributed by atoms with Gasteiger partial charge >= 0.3 is 0 Å². The third kappa shape index (κ3) is 4.74. The van der Waals surface area contributed by atoms with Crippen molar-refractivity contribution in [3.63, 3.8) is 0 Å². The SMILES string of the molecule is C[C@H]1[C@H](C)CCC[C@@H]1NC(=O)[C@@H]1N(C[C@@H]2COc3ccccc3O2)C(=O)[C@H]2[C@@H](C(=O)Nc3ccc(F)c(Cl)c3)[C@H]3C=C[C@@]12O3. The van der Waals surface area contributed by atoms with Gasteiger partial charge in [0.2, 0.25) is 17.7 Å². The number of para-hydroxylation sites is 2. The van der Waals surface area contributed by atoms with Gasteiger partial charge in [-0.2, -0.15) is 0 Å². The number of fused-ring (bicyclic) bond motifs is 2. The van der Waals surface area contributed by atoms with Gasteiger partial charge in [0.25, 0.3) is 0 Å². The average Bonchev–Trinajstić information content (AvgIpc) is 3.65. The van der Waals surface area contributed by atoms with E-state index in [1.165, 1.54) is 17.0 Å². The van der Waals surface area contributed by atoms with E-state index >= 15 is 0 Å². The number of amides is 3. The van der Waals surface area contributed by atoms with Crippen molar-refractivity contribution in [3.8, 4) is 11.5 Å². The van der Waals surface area contributed by atoms with Crippen molar-refractivity contribution in [1.82, 2.24) is 10.2 Å². The van der Waals surface area contributed by atoms with Crippen LogP contribution in [0.3, 0.4) is 0 Å². The first kappa shape index (κ1) is 29.1. The van der Waals surface area contributed by atoms with E-state index in [1.54, 1.807) is 18.2 Å². The lowest BCUT2D eigenvalue weighted by molar-refractivity contribution is -0.143. The van der Waals surface area contributed by atoms with E-state index in [4.69, 9.17) is 25.8 Å². The van der Waals surface area contributed by atoms with Gasteiger partial charge in [0.05, 0.1) is 29.5 Å². The first-order valence-electron chi connectivity index (χ1n) is 15.3. The number of nitrogens with zero attached hydrogens (tertiary/aromatic N) is 1. The smallest absolute Gasteiger partial charge is 0.246 e. The maximum atomic E-state index is 14.4. The molecule has 4 heterocycles. The molecule has 4 aliphatic heterocycles. The predicted octanol–water partition coefficient (Wildman–Crippen LogP) is 4.35. The number of anilines is 1. The van der Waals surface area contributed by atoms with Crippen LogP contribution in [0.4, 0.5) is 10.1 Å². The number of likely N-dealkylation sites (tertiary alicyclic amines) is 1. The van der Waals surface area contributed by atoms with Gasteiger partial charge in [0, 0.05) is 11.7 Å². The molecule has 2 saturated heterocycles. The summed E-state index contributed by atoms with van der Waals surface area (Å²) in [5.41, 5.74) is -1.03. The van der Waals surface area contributed by atoms with Crippen LogP contribution in [0.25, 0.3) is 0 Å². The van der Waals surface area contributed by atoms with E-state index in [-0.39, 0.29) is 41.9 Å². The molecule has 0 aromatic heterocycles. The Morgan fingerprint density at radius 2 is 1.91 bits per heavy atom. The average molecular weight is 624 g/mol. The molecular formula is C33H35ClFN3O6. The van der Waals surface area contributed by atoms with Crippen LogP contribution in [0.1, 0.15) is 33.1 Å². The lowest BCUT2D eigenvalue weighted by Gasteiger charge is -2.38. The van der Waals surface area contributed by atoms with Gasteiger partial charge in [0.1, 0.15) is 24.1 Å². The highest BCUT2D eigenvalue weighted by atomic mass is 35.5. The second-order valence-corrected chi connectivity index (χ2v) is 13.1. The normalized spacial score (nSPS) is 35.0. The van der Waals surface area contributed by atoms with E-state index < -0.39 is 47.4 Å². The highest BCUT2D eigenvalue weighted by molar-refractivity contribution is 6.31. The van der Waals surface area contributed by atoms with Crippen molar-refractivity contribution in [2.75, 3.05) is 18.5 Å². The van der Waals surface area contributed by atoms with Crippen LogP contribution in [0.2, 0.25) is 5.02 Å². The maximum absolute atomic E-state index is 14.4. The second-order valence-electron chi connectivity index (χ2n) is 12.7. The first-order chi connectivity index (χ1) is 21.2. The van der Waals surface area contributed by atoms with E-state index in [0.29, 0.717) is 23.1 Å². The quantitative estimate of drug-likeness (QED) is 0.464. The Bertz CT molecular complexity index is 1540. The number of hydrogen-bond donors (Lipinski definition) is 2. The van der Waals surface area contributed by atoms with Gasteiger partial charge < -0.3 is 29.7 Å². The third-order valence-electron chi connectivity index (χ3n) is 10.1. The second kappa shape index (κ2) is 11.1. The third-order valence-corrected chi connectivity index (χ3v) is 10.4. The van der Waals surface area contributed by atoms with Crippen LogP contribution in [0.15, 0.2) is 54.6 Å². The monoisotopic (exact) mass is 623 g/mol. The van der Waals surface area contributed by atoms with Crippen LogP contribution < -0.4 is 20.1 Å². The number of carbonyl (C=O) groups is 3. The standard InChI is InChI=1S/C33H35ClFN3O6/c1-17-6-5-7-23(18(17)2)37-31(40)29-33-13-12-26(44-33)27(30(39)36-19-10-11-22(35)21(34)14-19)28(33)32(41)38(29)15-20-16-42-24-8-3-4-9-25(24)43-20/h3-4,8-14,17-18,20,23,26-29H,5-7,15-16H2,1-2H3,(H,36,39)(H,37,40)/t17-,18+,20-,23+,26-,27+,28-,29+,33+/m1/s1. The molecule has 9 nitrogen and oxygen atoms in total. The van der Waals surface area contributed by atoms with E-state index in [1.807, 2.05) is 18.2 Å². The Kier molecular flexibility index (Phi) is 7.32. The maximum Gasteiger partial charge on any atom is 0.246 e. The summed E-state index contributed by atoms with van der Waals surface area (Å²) in [6, 6.07) is 10.1. The molecule has 1 saturated carbocycles. The molecule has 44 heavy (non-hydrogen) atoms. The molecule has 2 aromatic rings. The number of nitrogens with one attached hydrogen (secondary N) is 2. The number of halogens is 2. The van der Waals surface area contributed by atoms with Gasteiger partial charge in [0.15, 0.2) is 17.6 Å². The Morgan fingerprint density at radius 3 is 2.70 bits per heavy atom. The Morgan fingerprint density at radius 1 is 1.11 bits per heavy atom. The molecular weight excluding hydrogens is 589 g/mol. The predicted molar refractivity (Wildman–Crippen MR) is 160 cm³/mol. The molecule has 1 spiro atoms. The molecule has 11 heteroatoms. The zero-order valence-electron chi connectivity index (χ0n) is 24.5. The molecule has 3 amide bonds. The molecule has 232 valence electrons. The van der Waals surface area contributed by atoms with Crippen molar-refractivity contribution in [1.29, 1.82) is 0 Å². The fourth-order valence-corrected chi connectivity index (χ4v) is 7.86. The van der Waals surface area contributed by atoms with Crippen molar-refractivity contribution >= 4 is 35.0 Å². The van der Waals surface area contributed by atoms with E-state index in [2.05, 4.69) is 24.5 Å². The molecule has 0 radical (unpaired) electrons. The molecule has 2 aromatic carbocycles. The van der Waals surface area contributed by atoms with Crippen LogP contribution in [-0.4, -0.2) is 65.7 Å². The summed E-state index contributed by atoms with van der Waals surface area (Å²) >= 11 is 5.94. The fraction of sp³-hybridized carbons (Fsp3) is 0.485. The van der Waals surface area contributed by atoms with Crippen molar-refractivity contribution in [2.45, 2.75) is 63.0 Å². The number of hydrogen-bond acceptors (Lipinski definition) is 6. The highest BCUT2D eigenvalue weighted by Gasteiger charge is 2.73. The minimum Gasteiger partial charge on any atom is -0.486 e. The van der Waals surface area contributed by atoms with Gasteiger partial charge in [-0.1, -0.05) is 62.6 Å². The van der Waals surface area contributed by atoms with Crippen LogP contribution in [0, 0.1) is 29.5 Å². The lowest BCUT2D eigenvalue weighted by Crippen LogP contribution is -2.59. The summed E-state index contributed by atoms with van der Waals surface area (Å²) in [5.74, 6) is -1.68. The van der Waals surface area contributed by atoms with Gasteiger partial charge in [-0.05, 0) is 48.6 Å². The fourth-order valence-electron chi connectivity index (χ4n) is 7.68. The number of rotatable bonds is 6. The zero-order valence-corrected chi connectivity index (χ0v) is 25.3. The van der Waals surface area contributed by atoms with Crippen LogP contribution >= 0.6 is 11.6 Å². The largest absolute Gasteiger partial charge is 0.486 e. The summed E-state index contributed by atoms with van der Waals surface area (Å²) < 4.78 is 32.3. The number of carbonyl (C=O) groups excluding carboxylic acids is 3. The molecule has 3 fully saturated rings. The summed E-state index contributed by atoms with van der Waals surface area (Å²) in [6.07, 6.45) is 5.28. The minimum atomic E-state index is -1.33. The molecule has 1 aliphatic carbocycles. The number of benzene rings is 2. The lowest BCUT2D eigenvalue weighted by atomic mass is 9.73. The van der Waals surface area contributed by atoms with E-state index in [0.717, 1.165) is 25.3 Å². The summed E-state index contributed by atoms with van der Waals surface area (Å²) in [6.45, 7) is 4.61. The Balaban J connectivity index is 1.19. The molecule has 2 bridgehead atoms.